The Morgan fingerprint density at radius 2 is 1.86 bits per heavy atom. The van der Waals surface area contributed by atoms with Crippen LogP contribution in [-0.2, 0) is 10.0 Å². The number of hydrogen-bond donors (Lipinski definition) is 1. The van der Waals surface area contributed by atoms with Crippen LogP contribution in [0.1, 0.15) is 54.6 Å². The van der Waals surface area contributed by atoms with Gasteiger partial charge in [-0.1, -0.05) is 30.5 Å². The number of hydrogen-bond acceptors (Lipinski definition) is 5. The van der Waals surface area contributed by atoms with Gasteiger partial charge in [-0.05, 0) is 56.2 Å². The summed E-state index contributed by atoms with van der Waals surface area (Å²) in [4.78, 5) is 14.9. The van der Waals surface area contributed by atoms with Gasteiger partial charge >= 0.3 is 0 Å². The molecule has 1 unspecified atom stereocenters. The Morgan fingerprint density at radius 3 is 2.55 bits per heavy atom. The van der Waals surface area contributed by atoms with E-state index in [1.54, 1.807) is 19.1 Å². The molecular formula is C21H27N3O4S. The van der Waals surface area contributed by atoms with Crippen molar-refractivity contribution in [3.05, 3.63) is 41.7 Å². The summed E-state index contributed by atoms with van der Waals surface area (Å²) in [6, 6.07) is 7.69. The number of anilines is 1. The van der Waals surface area contributed by atoms with Gasteiger partial charge < -0.3 is 9.42 Å². The third kappa shape index (κ3) is 4.47. The van der Waals surface area contributed by atoms with Crippen molar-refractivity contribution in [2.75, 3.05) is 17.8 Å². The van der Waals surface area contributed by atoms with E-state index in [4.69, 9.17) is 4.52 Å². The third-order valence-electron chi connectivity index (χ3n) is 6.13. The Labute approximate surface area is 171 Å². The molecule has 8 heteroatoms. The average Bonchev–Trinajstić information content (AvgIpc) is 2.91. The number of aromatic nitrogens is 1. The molecule has 1 amide bonds. The third-order valence-corrected chi connectivity index (χ3v) is 7.49. The van der Waals surface area contributed by atoms with E-state index in [0.717, 1.165) is 37.8 Å². The highest BCUT2D eigenvalue weighted by molar-refractivity contribution is 7.92. The van der Waals surface area contributed by atoms with Crippen molar-refractivity contribution in [3.8, 4) is 0 Å². The Balaban J connectivity index is 1.46. The second-order valence-electron chi connectivity index (χ2n) is 8.13. The van der Waals surface area contributed by atoms with Gasteiger partial charge in [-0.15, -0.1) is 0 Å². The molecule has 2 aliphatic rings. The van der Waals surface area contributed by atoms with Gasteiger partial charge in [0.1, 0.15) is 5.76 Å². The summed E-state index contributed by atoms with van der Waals surface area (Å²) in [6.45, 7) is 3.16. The topological polar surface area (TPSA) is 92.5 Å². The van der Waals surface area contributed by atoms with Crippen molar-refractivity contribution in [1.82, 2.24) is 10.1 Å². The molecule has 1 aromatic carbocycles. The van der Waals surface area contributed by atoms with Crippen LogP contribution in [0.15, 0.2) is 39.8 Å². The first-order valence-electron chi connectivity index (χ1n) is 10.3. The Hall–Kier alpha value is -2.35. The molecule has 156 valence electrons. The monoisotopic (exact) mass is 417 g/mol. The number of benzene rings is 1. The van der Waals surface area contributed by atoms with Crippen LogP contribution >= 0.6 is 0 Å². The van der Waals surface area contributed by atoms with Gasteiger partial charge in [0.05, 0.1) is 4.90 Å². The smallest absolute Gasteiger partial charge is 0.263 e. The number of rotatable bonds is 5. The number of nitrogens with zero attached hydrogens (tertiary/aromatic N) is 2. The lowest BCUT2D eigenvalue weighted by molar-refractivity contribution is 0.0755. The molecule has 1 atom stereocenters. The molecule has 29 heavy (non-hydrogen) atoms. The maximum atomic E-state index is 13.0. The molecule has 0 bridgehead atoms. The molecule has 1 aliphatic carbocycles. The lowest BCUT2D eigenvalue weighted by atomic mass is 9.73. The van der Waals surface area contributed by atoms with E-state index in [-0.39, 0.29) is 16.6 Å². The average molecular weight is 418 g/mol. The van der Waals surface area contributed by atoms with Crippen molar-refractivity contribution >= 4 is 21.7 Å². The fraction of sp³-hybridized carbons (Fsp3) is 0.524. The molecule has 1 aromatic heterocycles. The summed E-state index contributed by atoms with van der Waals surface area (Å²) >= 11 is 0. The SMILES string of the molecule is Cc1cc(NS(=O)(=O)c2cccc(C(=O)N3CCCC(C4CCC4)CC3)c2)no1. The number of aryl methyl sites for hydroxylation is 1. The second kappa shape index (κ2) is 8.18. The molecule has 0 spiro atoms. The second-order valence-corrected chi connectivity index (χ2v) is 9.81. The summed E-state index contributed by atoms with van der Waals surface area (Å²) in [6.07, 6.45) is 7.24. The highest BCUT2D eigenvalue weighted by Gasteiger charge is 2.30. The molecule has 2 aromatic rings. The van der Waals surface area contributed by atoms with E-state index in [0.29, 0.717) is 11.3 Å². The zero-order chi connectivity index (χ0) is 20.4. The molecule has 7 nitrogen and oxygen atoms in total. The first-order chi connectivity index (χ1) is 13.9. The number of carbonyl (C=O) groups is 1. The minimum Gasteiger partial charge on any atom is -0.360 e. The van der Waals surface area contributed by atoms with Gasteiger partial charge in [0.25, 0.3) is 15.9 Å². The Morgan fingerprint density at radius 1 is 1.10 bits per heavy atom. The molecule has 1 saturated heterocycles. The van der Waals surface area contributed by atoms with Crippen LogP contribution in [0, 0.1) is 18.8 Å². The van der Waals surface area contributed by atoms with Crippen LogP contribution in [0.5, 0.6) is 0 Å². The predicted molar refractivity (Wildman–Crippen MR) is 109 cm³/mol. The van der Waals surface area contributed by atoms with Crippen LogP contribution in [0.25, 0.3) is 0 Å². The van der Waals surface area contributed by atoms with Gasteiger partial charge in [-0.25, -0.2) is 8.42 Å². The van der Waals surface area contributed by atoms with Gasteiger partial charge in [0.15, 0.2) is 5.82 Å². The van der Waals surface area contributed by atoms with E-state index in [1.165, 1.54) is 43.9 Å². The van der Waals surface area contributed by atoms with E-state index in [1.807, 2.05) is 4.90 Å². The molecule has 2 fully saturated rings. The lowest BCUT2D eigenvalue weighted by Crippen LogP contribution is -2.32. The molecule has 4 rings (SSSR count). The maximum absolute atomic E-state index is 13.0. The number of likely N-dealkylation sites (tertiary alicyclic amines) is 1. The van der Waals surface area contributed by atoms with Crippen LogP contribution < -0.4 is 4.72 Å². The van der Waals surface area contributed by atoms with E-state index in [2.05, 4.69) is 9.88 Å². The summed E-state index contributed by atoms with van der Waals surface area (Å²) in [7, 11) is -3.85. The largest absolute Gasteiger partial charge is 0.360 e. The van der Waals surface area contributed by atoms with Crippen LogP contribution in [0.2, 0.25) is 0 Å². The summed E-state index contributed by atoms with van der Waals surface area (Å²) in [5.74, 6) is 2.09. The summed E-state index contributed by atoms with van der Waals surface area (Å²) in [5, 5.41) is 3.66. The van der Waals surface area contributed by atoms with Gasteiger partial charge in [-0.3, -0.25) is 9.52 Å². The minimum atomic E-state index is -3.85. The standard InChI is InChI=1S/C21H27N3O4S/c1-15-13-20(22-28-15)23-29(26,27)19-9-3-7-18(14-19)21(25)24-11-4-8-17(10-12-24)16-5-2-6-16/h3,7,9,13-14,16-17H,2,4-6,8,10-12H2,1H3,(H,22,23). The molecule has 1 saturated carbocycles. The highest BCUT2D eigenvalue weighted by Crippen LogP contribution is 2.38. The lowest BCUT2D eigenvalue weighted by Gasteiger charge is -2.33. The van der Waals surface area contributed by atoms with Gasteiger partial charge in [0.2, 0.25) is 0 Å². The van der Waals surface area contributed by atoms with Crippen molar-refractivity contribution in [2.45, 2.75) is 50.3 Å². The Bertz CT molecular complexity index is 981. The van der Waals surface area contributed by atoms with Crippen LogP contribution in [-0.4, -0.2) is 37.5 Å². The quantitative estimate of drug-likeness (QED) is 0.798. The molecule has 2 heterocycles. The van der Waals surface area contributed by atoms with Gasteiger partial charge in [-0.2, -0.15) is 0 Å². The number of sulfonamides is 1. The zero-order valence-corrected chi connectivity index (χ0v) is 17.5. The summed E-state index contributed by atoms with van der Waals surface area (Å²) < 4.78 is 32.6. The number of carbonyl (C=O) groups excluding carboxylic acids is 1. The predicted octanol–water partition coefficient (Wildman–Crippen LogP) is 3.83. The van der Waals surface area contributed by atoms with E-state index in [9.17, 15) is 13.2 Å². The Kier molecular flexibility index (Phi) is 5.63. The first kappa shape index (κ1) is 19.9. The molecular weight excluding hydrogens is 390 g/mol. The molecule has 1 N–H and O–H groups in total. The number of amides is 1. The molecule has 0 radical (unpaired) electrons. The first-order valence-corrected chi connectivity index (χ1v) is 11.8. The van der Waals surface area contributed by atoms with Crippen LogP contribution in [0.4, 0.5) is 5.82 Å². The maximum Gasteiger partial charge on any atom is 0.263 e. The normalized spacial score (nSPS) is 20.7. The zero-order valence-electron chi connectivity index (χ0n) is 16.6. The summed E-state index contributed by atoms with van der Waals surface area (Å²) in [5.41, 5.74) is 0.395. The minimum absolute atomic E-state index is 0.0335. The van der Waals surface area contributed by atoms with Crippen molar-refractivity contribution in [3.63, 3.8) is 0 Å². The van der Waals surface area contributed by atoms with Crippen molar-refractivity contribution < 1.29 is 17.7 Å². The fourth-order valence-electron chi connectivity index (χ4n) is 4.30. The van der Waals surface area contributed by atoms with Crippen LogP contribution in [0.3, 0.4) is 0 Å². The number of nitrogens with one attached hydrogen (secondary N) is 1. The van der Waals surface area contributed by atoms with E-state index >= 15 is 0 Å². The molecule has 1 aliphatic heterocycles. The highest BCUT2D eigenvalue weighted by atomic mass is 32.2. The van der Waals surface area contributed by atoms with Crippen molar-refractivity contribution in [1.29, 1.82) is 0 Å². The van der Waals surface area contributed by atoms with Gasteiger partial charge in [0, 0.05) is 24.7 Å². The van der Waals surface area contributed by atoms with Crippen molar-refractivity contribution in [2.24, 2.45) is 11.8 Å². The van der Waals surface area contributed by atoms with E-state index < -0.39 is 10.0 Å². The fourth-order valence-corrected chi connectivity index (χ4v) is 5.33.